The van der Waals surface area contributed by atoms with Crippen molar-refractivity contribution < 1.29 is 8.83 Å². The number of aromatic nitrogens is 2. The van der Waals surface area contributed by atoms with E-state index in [0.717, 1.165) is 118 Å². The molecule has 14 rings (SSSR count). The van der Waals surface area contributed by atoms with Gasteiger partial charge in [-0.1, -0.05) is 164 Å². The van der Waals surface area contributed by atoms with Crippen LogP contribution in [0.3, 0.4) is 0 Å². The molecule has 0 amide bonds. The maximum Gasteiger partial charge on any atom is 0.155 e. The molecule has 0 spiro atoms. The van der Waals surface area contributed by atoms with Gasteiger partial charge in [-0.2, -0.15) is 0 Å². The molecule has 0 fully saturated rings. The molecule has 1 aliphatic heterocycles. The molecule has 9 aromatic carbocycles. The summed E-state index contributed by atoms with van der Waals surface area (Å²) in [7, 11) is 0. The summed E-state index contributed by atoms with van der Waals surface area (Å²) in [6.07, 6.45) is 21.8. The highest BCUT2D eigenvalue weighted by Crippen LogP contribution is 2.50. The first-order valence-electron chi connectivity index (χ1n) is 24.7. The van der Waals surface area contributed by atoms with Crippen LogP contribution in [-0.4, -0.2) is 15.7 Å². The van der Waals surface area contributed by atoms with Crippen LogP contribution in [0.4, 0.5) is 11.4 Å². The van der Waals surface area contributed by atoms with Crippen LogP contribution >= 0.6 is 0 Å². The van der Waals surface area contributed by atoms with Crippen molar-refractivity contribution in [1.82, 2.24) is 9.97 Å². The van der Waals surface area contributed by atoms with Crippen molar-refractivity contribution in [3.8, 4) is 0 Å². The van der Waals surface area contributed by atoms with Crippen molar-refractivity contribution in [3.63, 3.8) is 0 Å². The number of anilines is 2. The average Bonchev–Trinajstić information content (AvgIpc) is 3.93. The Bertz CT molecular complexity index is 4190. The second-order valence-electron chi connectivity index (χ2n) is 18.4. The van der Waals surface area contributed by atoms with E-state index in [1.807, 2.05) is 86.2 Å². The van der Waals surface area contributed by atoms with Gasteiger partial charge in [-0.25, -0.2) is 9.97 Å². The quantitative estimate of drug-likeness (QED) is 0.0905. The van der Waals surface area contributed by atoms with E-state index in [1.165, 1.54) is 21.9 Å². The summed E-state index contributed by atoms with van der Waals surface area (Å²) in [6, 6.07) is 61.0. The lowest BCUT2D eigenvalue weighted by molar-refractivity contribution is 0.607. The average molecular weight is 939 g/mol. The van der Waals surface area contributed by atoms with Crippen molar-refractivity contribution in [3.05, 3.63) is 264 Å². The van der Waals surface area contributed by atoms with Gasteiger partial charge in [-0.15, -0.1) is 5.73 Å². The molecule has 0 saturated carbocycles. The van der Waals surface area contributed by atoms with Gasteiger partial charge in [-0.05, 0) is 89.4 Å². The highest BCUT2D eigenvalue weighted by atomic mass is 16.3. The number of hydrogen-bond donors (Lipinski definition) is 0. The Morgan fingerprint density at radius 3 is 1.79 bits per heavy atom. The van der Waals surface area contributed by atoms with Gasteiger partial charge in [0.25, 0.3) is 0 Å². The molecule has 6 heteroatoms. The molecule has 0 N–H and O–H groups in total. The monoisotopic (exact) mass is 938 g/mol. The zero-order valence-corrected chi connectivity index (χ0v) is 40.0. The second-order valence-corrected chi connectivity index (χ2v) is 18.4. The normalized spacial score (nSPS) is 14.2. The Labute approximate surface area is 422 Å². The summed E-state index contributed by atoms with van der Waals surface area (Å²) in [6.45, 7) is 2.00. The van der Waals surface area contributed by atoms with Crippen LogP contribution in [0.2, 0.25) is 0 Å². The molecule has 0 saturated heterocycles. The molecule has 12 aromatic rings. The standard InChI is InChI=1S/C53H34N4O2.C14H12/c1-32-29-55-53(56-30-32)34-13-10-19-38-46(28-34)59-51-42-22-12-21-41-48(42)47-40(49(38)51)20-11-23-43(47)52-50(41)39-26-25-33(27-45(39)58-52)44-24-9-8-18-37(31-54-44)57(35-14-4-2-5-15-35)36-16-6-3-7-17-36;1-3-7-13(8-4-1)11-12-14-9-5-2-6-10-14/h2-7,9-12,14-23,25-31H,13,24H2,1H3;1-12H/b37-31+,54-44?;12-11-. The highest BCUT2D eigenvalue weighted by molar-refractivity contribution is 6.41. The summed E-state index contributed by atoms with van der Waals surface area (Å²) < 4.78 is 13.8. The van der Waals surface area contributed by atoms with Crippen LogP contribution in [0.5, 0.6) is 0 Å². The van der Waals surface area contributed by atoms with Crippen molar-refractivity contribution in [1.29, 1.82) is 0 Å². The predicted molar refractivity (Wildman–Crippen MR) is 304 cm³/mol. The molecular weight excluding hydrogens is 893 g/mol. The molecule has 6 nitrogen and oxygen atoms in total. The Balaban J connectivity index is 0.000000319. The zero-order valence-electron chi connectivity index (χ0n) is 40.0. The van der Waals surface area contributed by atoms with Crippen molar-refractivity contribution in [2.75, 3.05) is 4.90 Å². The summed E-state index contributed by atoms with van der Waals surface area (Å²) in [5, 5.41) is 10.1. The third kappa shape index (κ3) is 8.02. The van der Waals surface area contributed by atoms with Crippen LogP contribution in [0.1, 0.15) is 52.2 Å². The Morgan fingerprint density at radius 2 is 1.15 bits per heavy atom. The summed E-state index contributed by atoms with van der Waals surface area (Å²) >= 11 is 0. The van der Waals surface area contributed by atoms with Crippen LogP contribution in [0.15, 0.2) is 238 Å². The fraction of sp³-hybridized carbons (Fsp3) is 0.0448. The molecule has 3 aromatic heterocycles. The van der Waals surface area contributed by atoms with E-state index in [4.69, 9.17) is 13.8 Å². The van der Waals surface area contributed by atoms with Gasteiger partial charge < -0.3 is 13.7 Å². The number of rotatable bonds is 7. The number of fused-ring (bicyclic) bond motifs is 10. The maximum absolute atomic E-state index is 6.96. The molecule has 346 valence electrons. The Kier molecular flexibility index (Phi) is 11.1. The van der Waals surface area contributed by atoms with E-state index in [0.29, 0.717) is 6.42 Å². The molecule has 0 radical (unpaired) electrons. The van der Waals surface area contributed by atoms with Gasteiger partial charge in [-0.3, -0.25) is 4.99 Å². The molecule has 2 aliphatic rings. The number of nitrogens with zero attached hydrogens (tertiary/aromatic N) is 4. The van der Waals surface area contributed by atoms with Crippen LogP contribution in [0, 0.1) is 6.92 Å². The minimum absolute atomic E-state index is 0.638. The number of benzene rings is 9. The lowest BCUT2D eigenvalue weighted by Crippen LogP contribution is -2.15. The van der Waals surface area contributed by atoms with Crippen LogP contribution in [-0.2, 0) is 0 Å². The van der Waals surface area contributed by atoms with Gasteiger partial charge in [0.05, 0.1) is 17.6 Å². The largest absolute Gasteiger partial charge is 0.455 e. The van der Waals surface area contributed by atoms with Crippen LogP contribution < -0.4 is 4.90 Å². The molecule has 4 heterocycles. The van der Waals surface area contributed by atoms with E-state index in [2.05, 4.69) is 178 Å². The van der Waals surface area contributed by atoms with E-state index >= 15 is 0 Å². The fourth-order valence-corrected chi connectivity index (χ4v) is 10.4. The number of hydrogen-bond acceptors (Lipinski definition) is 6. The third-order valence-corrected chi connectivity index (χ3v) is 13.8. The lowest BCUT2D eigenvalue weighted by Gasteiger charge is -2.25. The van der Waals surface area contributed by atoms with Gasteiger partial charge in [0, 0.05) is 90.7 Å². The van der Waals surface area contributed by atoms with E-state index in [9.17, 15) is 0 Å². The zero-order chi connectivity index (χ0) is 48.7. The van der Waals surface area contributed by atoms with Crippen LogP contribution in [0.25, 0.3) is 95.1 Å². The van der Waals surface area contributed by atoms with E-state index < -0.39 is 0 Å². The molecule has 0 bridgehead atoms. The number of allylic oxidation sites excluding steroid dienone is 3. The van der Waals surface area contributed by atoms with E-state index in [1.54, 1.807) is 0 Å². The number of aliphatic imine (C=N–C) groups is 1. The maximum atomic E-state index is 6.96. The Hall–Kier alpha value is -9.61. The number of aryl methyl sites for hydroxylation is 1. The smallest absolute Gasteiger partial charge is 0.155 e. The minimum Gasteiger partial charge on any atom is -0.455 e. The predicted octanol–water partition coefficient (Wildman–Crippen LogP) is 17.7. The summed E-state index contributed by atoms with van der Waals surface area (Å²) in [5.74, 6) is 1.54. The number of para-hydroxylation sites is 2. The minimum atomic E-state index is 0.638. The SMILES string of the molecule is C(=C/c1ccccc1)/c1ccccc1.Cc1cnc(C2=Cc3oc4c5cccc6c7c8ccc(C9=N/C=C(/N(c%10ccccc%10)c%10ccccc%10)C=C=CC9)cc8oc7c7cccc(c4c3C=CC2)c7c56)nc1. The lowest BCUT2D eigenvalue weighted by atomic mass is 9.88. The van der Waals surface area contributed by atoms with Gasteiger partial charge in [0.2, 0.25) is 0 Å². The molecule has 73 heavy (non-hydrogen) atoms. The summed E-state index contributed by atoms with van der Waals surface area (Å²) in [4.78, 5) is 16.6. The van der Waals surface area contributed by atoms with Crippen molar-refractivity contribution in [2.24, 2.45) is 4.99 Å². The topological polar surface area (TPSA) is 67.7 Å². The van der Waals surface area contributed by atoms with Crippen molar-refractivity contribution >= 4 is 112 Å². The first-order valence-corrected chi connectivity index (χ1v) is 24.7. The first-order chi connectivity index (χ1) is 36.1. The first kappa shape index (κ1) is 43.4. The van der Waals surface area contributed by atoms with E-state index in [-0.39, 0.29) is 0 Å². The fourth-order valence-electron chi connectivity index (χ4n) is 10.4. The molecule has 0 atom stereocenters. The molecular formula is C67H46N4O2. The van der Waals surface area contributed by atoms with Gasteiger partial charge in [0.1, 0.15) is 22.5 Å². The molecule has 1 aliphatic carbocycles. The van der Waals surface area contributed by atoms with Gasteiger partial charge >= 0.3 is 0 Å². The summed E-state index contributed by atoms with van der Waals surface area (Å²) in [5.41, 5.74) is 16.6. The highest BCUT2D eigenvalue weighted by Gasteiger charge is 2.26. The third-order valence-electron chi connectivity index (χ3n) is 13.8. The Morgan fingerprint density at radius 1 is 0.562 bits per heavy atom. The second kappa shape index (κ2) is 18.6. The van der Waals surface area contributed by atoms with Crippen molar-refractivity contribution in [2.45, 2.75) is 19.8 Å². The number of furan rings is 2. The van der Waals surface area contributed by atoms with Gasteiger partial charge in [0.15, 0.2) is 5.82 Å². The molecule has 0 unspecified atom stereocenters.